The van der Waals surface area contributed by atoms with Crippen molar-refractivity contribution in [2.75, 3.05) is 13.7 Å². The molecule has 0 aliphatic rings. The van der Waals surface area contributed by atoms with Gasteiger partial charge >= 0.3 is 5.97 Å². The molecule has 0 radical (unpaired) electrons. The number of carbonyl (C=O) groups is 1. The van der Waals surface area contributed by atoms with Gasteiger partial charge in [0.2, 0.25) is 0 Å². The molecule has 0 spiro atoms. The smallest absolute Gasteiger partial charge is 0.354 e. The molecule has 1 aromatic carbocycles. The first-order chi connectivity index (χ1) is 8.19. The Labute approximate surface area is 99.7 Å². The van der Waals surface area contributed by atoms with Crippen LogP contribution in [0.4, 0.5) is 0 Å². The van der Waals surface area contributed by atoms with Gasteiger partial charge in [-0.3, -0.25) is 0 Å². The number of hydrogen-bond acceptors (Lipinski definition) is 3. The van der Waals surface area contributed by atoms with Crippen LogP contribution in [0.2, 0.25) is 0 Å². The lowest BCUT2D eigenvalue weighted by atomic mass is 10.2. The number of para-hydroxylation sites is 1. The normalized spacial score (nSPS) is 10.5. The molecule has 0 aliphatic carbocycles. The summed E-state index contributed by atoms with van der Waals surface area (Å²) in [4.78, 5) is 11.8. The number of ether oxygens (including phenoxy) is 2. The first-order valence-corrected chi connectivity index (χ1v) is 5.48. The third kappa shape index (κ3) is 1.86. The number of aromatic nitrogens is 1. The molecule has 0 fully saturated rings. The van der Waals surface area contributed by atoms with Gasteiger partial charge in [-0.25, -0.2) is 4.79 Å². The fourth-order valence-corrected chi connectivity index (χ4v) is 1.94. The van der Waals surface area contributed by atoms with Crippen molar-refractivity contribution in [1.82, 2.24) is 4.57 Å². The molecule has 4 nitrogen and oxygen atoms in total. The van der Waals surface area contributed by atoms with E-state index in [0.717, 1.165) is 16.7 Å². The second-order valence-electron chi connectivity index (χ2n) is 3.71. The minimum absolute atomic E-state index is 0.312. The fraction of sp³-hybridized carbons (Fsp3) is 0.308. The largest absolute Gasteiger partial charge is 0.495 e. The molecule has 0 unspecified atom stereocenters. The van der Waals surface area contributed by atoms with Crippen LogP contribution < -0.4 is 4.74 Å². The number of hydrogen-bond donors (Lipinski definition) is 0. The molecule has 0 N–H and O–H groups in total. The van der Waals surface area contributed by atoms with E-state index in [1.807, 2.05) is 31.3 Å². The topological polar surface area (TPSA) is 40.5 Å². The zero-order chi connectivity index (χ0) is 12.4. The van der Waals surface area contributed by atoms with E-state index in [2.05, 4.69) is 0 Å². The Balaban J connectivity index is 2.61. The van der Waals surface area contributed by atoms with Gasteiger partial charge in [0.05, 0.1) is 19.2 Å². The van der Waals surface area contributed by atoms with Crippen LogP contribution in [0.15, 0.2) is 24.3 Å². The number of aryl methyl sites for hydroxylation is 1. The predicted octanol–water partition coefficient (Wildman–Crippen LogP) is 2.36. The van der Waals surface area contributed by atoms with Crippen LogP contribution in [-0.2, 0) is 11.8 Å². The second-order valence-corrected chi connectivity index (χ2v) is 3.71. The van der Waals surface area contributed by atoms with Gasteiger partial charge in [0, 0.05) is 12.4 Å². The Kier molecular flexibility index (Phi) is 3.04. The zero-order valence-electron chi connectivity index (χ0n) is 10.2. The van der Waals surface area contributed by atoms with Crippen LogP contribution in [0.3, 0.4) is 0 Å². The molecule has 0 atom stereocenters. The van der Waals surface area contributed by atoms with E-state index >= 15 is 0 Å². The standard InChI is InChI=1S/C13H15NO3/c1-4-17-13(15)10-8-9-6-5-7-11(16-3)12(9)14(10)2/h5-8H,4H2,1-3H3. The Bertz CT molecular complexity index is 557. The van der Waals surface area contributed by atoms with Gasteiger partial charge in [-0.15, -0.1) is 0 Å². The summed E-state index contributed by atoms with van der Waals surface area (Å²) in [6, 6.07) is 7.53. The van der Waals surface area contributed by atoms with Crippen molar-refractivity contribution in [3.8, 4) is 5.75 Å². The number of methoxy groups -OCH3 is 1. The van der Waals surface area contributed by atoms with Gasteiger partial charge < -0.3 is 14.0 Å². The summed E-state index contributed by atoms with van der Waals surface area (Å²) < 4.78 is 12.1. The minimum Gasteiger partial charge on any atom is -0.495 e. The Morgan fingerprint density at radius 1 is 1.41 bits per heavy atom. The SMILES string of the molecule is CCOC(=O)c1cc2cccc(OC)c2n1C. The van der Waals surface area contributed by atoms with Gasteiger partial charge in [-0.1, -0.05) is 12.1 Å². The van der Waals surface area contributed by atoms with Crippen molar-refractivity contribution in [1.29, 1.82) is 0 Å². The maximum absolute atomic E-state index is 11.8. The summed E-state index contributed by atoms with van der Waals surface area (Å²) in [6.07, 6.45) is 0. The number of rotatable bonds is 3. The molecule has 2 aromatic rings. The average molecular weight is 233 g/mol. The number of esters is 1. The first kappa shape index (κ1) is 11.5. The third-order valence-electron chi connectivity index (χ3n) is 2.72. The molecule has 0 saturated heterocycles. The van der Waals surface area contributed by atoms with E-state index in [1.54, 1.807) is 18.6 Å². The molecular weight excluding hydrogens is 218 g/mol. The van der Waals surface area contributed by atoms with Crippen LogP contribution in [-0.4, -0.2) is 24.3 Å². The second kappa shape index (κ2) is 4.49. The Morgan fingerprint density at radius 2 is 2.18 bits per heavy atom. The van der Waals surface area contributed by atoms with Gasteiger partial charge in [0.15, 0.2) is 0 Å². The number of nitrogens with zero attached hydrogens (tertiary/aromatic N) is 1. The minimum atomic E-state index is -0.312. The highest BCUT2D eigenvalue weighted by Gasteiger charge is 2.16. The van der Waals surface area contributed by atoms with Crippen LogP contribution in [0, 0.1) is 0 Å². The molecule has 17 heavy (non-hydrogen) atoms. The van der Waals surface area contributed by atoms with E-state index < -0.39 is 0 Å². The van der Waals surface area contributed by atoms with Crippen LogP contribution in [0.25, 0.3) is 10.9 Å². The Hall–Kier alpha value is -1.97. The summed E-state index contributed by atoms with van der Waals surface area (Å²) in [6.45, 7) is 2.17. The lowest BCUT2D eigenvalue weighted by molar-refractivity contribution is 0.0516. The van der Waals surface area contributed by atoms with Gasteiger partial charge in [-0.2, -0.15) is 0 Å². The predicted molar refractivity (Wildman–Crippen MR) is 65.4 cm³/mol. The van der Waals surface area contributed by atoms with Crippen molar-refractivity contribution >= 4 is 16.9 Å². The van der Waals surface area contributed by atoms with Gasteiger partial charge in [0.25, 0.3) is 0 Å². The summed E-state index contributed by atoms with van der Waals surface area (Å²) in [5.41, 5.74) is 1.43. The van der Waals surface area contributed by atoms with Crippen molar-refractivity contribution in [3.63, 3.8) is 0 Å². The zero-order valence-corrected chi connectivity index (χ0v) is 10.2. The van der Waals surface area contributed by atoms with E-state index in [0.29, 0.717) is 12.3 Å². The highest BCUT2D eigenvalue weighted by molar-refractivity contribution is 5.97. The van der Waals surface area contributed by atoms with Crippen LogP contribution in [0.5, 0.6) is 5.75 Å². The average Bonchev–Trinajstić information content (AvgIpc) is 2.67. The lowest BCUT2D eigenvalue weighted by Crippen LogP contribution is -2.09. The summed E-state index contributed by atoms with van der Waals surface area (Å²) in [5.74, 6) is 0.439. The van der Waals surface area contributed by atoms with E-state index in [1.165, 1.54) is 0 Å². The van der Waals surface area contributed by atoms with Crippen molar-refractivity contribution in [3.05, 3.63) is 30.0 Å². The molecule has 0 amide bonds. The number of benzene rings is 1. The molecule has 2 rings (SSSR count). The molecule has 1 heterocycles. The van der Waals surface area contributed by atoms with E-state index in [9.17, 15) is 4.79 Å². The van der Waals surface area contributed by atoms with Crippen LogP contribution in [0.1, 0.15) is 17.4 Å². The van der Waals surface area contributed by atoms with E-state index in [4.69, 9.17) is 9.47 Å². The lowest BCUT2D eigenvalue weighted by Gasteiger charge is -2.06. The monoisotopic (exact) mass is 233 g/mol. The van der Waals surface area contributed by atoms with Crippen molar-refractivity contribution < 1.29 is 14.3 Å². The number of fused-ring (bicyclic) bond motifs is 1. The van der Waals surface area contributed by atoms with Gasteiger partial charge in [-0.05, 0) is 19.1 Å². The highest BCUT2D eigenvalue weighted by atomic mass is 16.5. The quantitative estimate of drug-likeness (QED) is 0.764. The van der Waals surface area contributed by atoms with E-state index in [-0.39, 0.29) is 5.97 Å². The van der Waals surface area contributed by atoms with Gasteiger partial charge in [0.1, 0.15) is 11.4 Å². The molecular formula is C13H15NO3. The van der Waals surface area contributed by atoms with Crippen LogP contribution >= 0.6 is 0 Å². The number of carbonyl (C=O) groups excluding carboxylic acids is 1. The molecule has 1 aromatic heterocycles. The fourth-order valence-electron chi connectivity index (χ4n) is 1.94. The van der Waals surface area contributed by atoms with Crippen molar-refractivity contribution in [2.24, 2.45) is 7.05 Å². The maximum atomic E-state index is 11.8. The molecule has 90 valence electrons. The molecule has 0 saturated carbocycles. The summed E-state index contributed by atoms with van der Waals surface area (Å²) in [7, 11) is 3.45. The van der Waals surface area contributed by atoms with Crippen molar-refractivity contribution in [2.45, 2.75) is 6.92 Å². The summed E-state index contributed by atoms with van der Waals surface area (Å²) >= 11 is 0. The molecule has 4 heteroatoms. The molecule has 0 aliphatic heterocycles. The third-order valence-corrected chi connectivity index (χ3v) is 2.72. The summed E-state index contributed by atoms with van der Waals surface area (Å²) in [5, 5.41) is 0.968. The highest BCUT2D eigenvalue weighted by Crippen LogP contribution is 2.28. The molecule has 0 bridgehead atoms. The first-order valence-electron chi connectivity index (χ1n) is 5.48. The Morgan fingerprint density at radius 3 is 2.82 bits per heavy atom. The maximum Gasteiger partial charge on any atom is 0.354 e.